The zero-order chi connectivity index (χ0) is 19.3. The molecule has 2 aromatic rings. The molecule has 2 N–H and O–H groups in total. The van der Waals surface area contributed by atoms with Gasteiger partial charge in [0.25, 0.3) is 0 Å². The van der Waals surface area contributed by atoms with Crippen LogP contribution in [0.1, 0.15) is 24.8 Å². The highest BCUT2D eigenvalue weighted by atomic mass is 16.7. The van der Waals surface area contributed by atoms with Gasteiger partial charge in [0.2, 0.25) is 12.7 Å². The van der Waals surface area contributed by atoms with Crippen molar-refractivity contribution in [1.29, 1.82) is 5.26 Å². The summed E-state index contributed by atoms with van der Waals surface area (Å²) in [5, 5.41) is 15.5. The maximum atomic E-state index is 12.3. The molecule has 4 rings (SSSR count). The molecule has 1 unspecified atom stereocenters. The predicted octanol–water partition coefficient (Wildman–Crippen LogP) is 2.78. The molecule has 144 valence electrons. The molecule has 6 heteroatoms. The van der Waals surface area contributed by atoms with Gasteiger partial charge in [0.1, 0.15) is 6.04 Å². The topological polar surface area (TPSA) is 83.4 Å². The Morgan fingerprint density at radius 3 is 2.68 bits per heavy atom. The molecule has 1 amide bonds. The number of ether oxygens (including phenoxy) is 2. The van der Waals surface area contributed by atoms with Gasteiger partial charge in [0, 0.05) is 6.42 Å². The molecule has 1 saturated heterocycles. The van der Waals surface area contributed by atoms with E-state index in [2.05, 4.69) is 16.7 Å². The number of benzene rings is 2. The van der Waals surface area contributed by atoms with E-state index in [9.17, 15) is 10.1 Å². The van der Waals surface area contributed by atoms with Gasteiger partial charge >= 0.3 is 0 Å². The van der Waals surface area contributed by atoms with Crippen LogP contribution in [0.2, 0.25) is 0 Å². The van der Waals surface area contributed by atoms with Gasteiger partial charge in [0.05, 0.1) is 12.1 Å². The molecule has 2 aromatic carbocycles. The van der Waals surface area contributed by atoms with Crippen LogP contribution >= 0.6 is 0 Å². The summed E-state index contributed by atoms with van der Waals surface area (Å²) in [6.07, 6.45) is 3.45. The highest BCUT2D eigenvalue weighted by Gasteiger charge is 2.23. The number of fused-ring (bicyclic) bond motifs is 1. The Kier molecular flexibility index (Phi) is 5.45. The van der Waals surface area contributed by atoms with Crippen LogP contribution in [0.25, 0.3) is 11.1 Å². The summed E-state index contributed by atoms with van der Waals surface area (Å²) in [6, 6.07) is 15.4. The van der Waals surface area contributed by atoms with Crippen LogP contribution in [0.3, 0.4) is 0 Å². The van der Waals surface area contributed by atoms with Gasteiger partial charge in [-0.25, -0.2) is 0 Å². The molecule has 1 fully saturated rings. The summed E-state index contributed by atoms with van der Waals surface area (Å²) in [5.74, 6) is 1.44. The summed E-state index contributed by atoms with van der Waals surface area (Å²) in [4.78, 5) is 12.3. The zero-order valence-corrected chi connectivity index (χ0v) is 15.6. The van der Waals surface area contributed by atoms with Gasteiger partial charge in [-0.15, -0.1) is 0 Å². The highest BCUT2D eigenvalue weighted by molar-refractivity contribution is 5.82. The van der Waals surface area contributed by atoms with Crippen molar-refractivity contribution >= 4 is 5.91 Å². The van der Waals surface area contributed by atoms with Gasteiger partial charge in [-0.2, -0.15) is 5.26 Å². The van der Waals surface area contributed by atoms with E-state index in [1.165, 1.54) is 0 Å². The van der Waals surface area contributed by atoms with Crippen LogP contribution in [-0.2, 0) is 11.2 Å². The van der Waals surface area contributed by atoms with Crippen molar-refractivity contribution in [2.24, 2.45) is 0 Å². The fourth-order valence-electron chi connectivity index (χ4n) is 3.62. The molecule has 2 heterocycles. The number of nitriles is 1. The minimum absolute atomic E-state index is 0.0803. The monoisotopic (exact) mass is 377 g/mol. The lowest BCUT2D eigenvalue weighted by Gasteiger charge is -2.23. The standard InChI is InChI=1S/C22H23N3O3/c23-13-18(25-22(26)19-3-1-2-10-24-19)11-15-4-6-16(7-5-15)17-8-9-20-21(12-17)28-14-27-20/h4-9,12,18-19,24H,1-3,10-11,14H2,(H,25,26)/t18-,19?/m0/s1. The molecule has 28 heavy (non-hydrogen) atoms. The molecule has 0 bridgehead atoms. The molecule has 0 saturated carbocycles. The molecule has 0 radical (unpaired) electrons. The Morgan fingerprint density at radius 2 is 1.93 bits per heavy atom. The van der Waals surface area contributed by atoms with Crippen molar-refractivity contribution in [3.8, 4) is 28.7 Å². The van der Waals surface area contributed by atoms with Crippen molar-refractivity contribution in [3.63, 3.8) is 0 Å². The zero-order valence-electron chi connectivity index (χ0n) is 15.6. The minimum atomic E-state index is -0.535. The highest BCUT2D eigenvalue weighted by Crippen LogP contribution is 2.35. The first-order chi connectivity index (χ1) is 13.7. The lowest BCUT2D eigenvalue weighted by Crippen LogP contribution is -2.49. The van der Waals surface area contributed by atoms with Crippen LogP contribution in [0.5, 0.6) is 11.5 Å². The minimum Gasteiger partial charge on any atom is -0.454 e. The SMILES string of the molecule is N#C[C@H](Cc1ccc(-c2ccc3c(c2)OCO3)cc1)NC(=O)C1CCCCN1. The lowest BCUT2D eigenvalue weighted by molar-refractivity contribution is -0.124. The van der Waals surface area contributed by atoms with E-state index in [0.29, 0.717) is 6.42 Å². The van der Waals surface area contributed by atoms with Crippen molar-refractivity contribution in [1.82, 2.24) is 10.6 Å². The third-order valence-electron chi connectivity index (χ3n) is 5.20. The van der Waals surface area contributed by atoms with Crippen LogP contribution in [0.15, 0.2) is 42.5 Å². The fraction of sp³-hybridized carbons (Fsp3) is 0.364. The molecule has 0 aromatic heterocycles. The summed E-state index contributed by atoms with van der Waals surface area (Å²) in [5.41, 5.74) is 3.11. The van der Waals surface area contributed by atoms with Crippen molar-refractivity contribution in [3.05, 3.63) is 48.0 Å². The molecule has 2 aliphatic rings. The molecule has 0 aliphatic carbocycles. The maximum absolute atomic E-state index is 12.3. The average Bonchev–Trinajstić information content (AvgIpc) is 3.22. The first-order valence-electron chi connectivity index (χ1n) is 9.65. The third-order valence-corrected chi connectivity index (χ3v) is 5.20. The van der Waals surface area contributed by atoms with E-state index < -0.39 is 6.04 Å². The number of carbonyl (C=O) groups is 1. The fourth-order valence-corrected chi connectivity index (χ4v) is 3.62. The van der Waals surface area contributed by atoms with E-state index in [1.807, 2.05) is 42.5 Å². The number of amides is 1. The Balaban J connectivity index is 1.39. The first-order valence-corrected chi connectivity index (χ1v) is 9.65. The van der Waals surface area contributed by atoms with E-state index >= 15 is 0 Å². The summed E-state index contributed by atoms with van der Waals surface area (Å²) >= 11 is 0. The Hall–Kier alpha value is -3.04. The normalized spacial score (nSPS) is 18.9. The average molecular weight is 377 g/mol. The summed E-state index contributed by atoms with van der Waals surface area (Å²) in [7, 11) is 0. The second-order valence-electron chi connectivity index (χ2n) is 7.16. The number of rotatable bonds is 5. The quantitative estimate of drug-likeness (QED) is 0.837. The second kappa shape index (κ2) is 8.32. The molecule has 2 atom stereocenters. The number of nitrogens with zero attached hydrogens (tertiary/aromatic N) is 1. The Bertz CT molecular complexity index is 883. The van der Waals surface area contributed by atoms with E-state index in [4.69, 9.17) is 9.47 Å². The van der Waals surface area contributed by atoms with Crippen LogP contribution < -0.4 is 20.1 Å². The van der Waals surface area contributed by atoms with Crippen molar-refractivity contribution < 1.29 is 14.3 Å². The Labute approximate surface area is 164 Å². The van der Waals surface area contributed by atoms with Gasteiger partial charge < -0.3 is 20.1 Å². The van der Waals surface area contributed by atoms with Gasteiger partial charge in [-0.3, -0.25) is 4.79 Å². The number of hydrogen-bond donors (Lipinski definition) is 2. The van der Waals surface area contributed by atoms with Crippen LogP contribution in [0.4, 0.5) is 0 Å². The van der Waals surface area contributed by atoms with Crippen molar-refractivity contribution in [2.45, 2.75) is 37.8 Å². The number of nitrogens with one attached hydrogen (secondary N) is 2. The second-order valence-corrected chi connectivity index (χ2v) is 7.16. The third kappa shape index (κ3) is 4.10. The van der Waals surface area contributed by atoms with E-state index in [-0.39, 0.29) is 18.7 Å². The predicted molar refractivity (Wildman–Crippen MR) is 105 cm³/mol. The maximum Gasteiger partial charge on any atom is 0.238 e. The smallest absolute Gasteiger partial charge is 0.238 e. The molecule has 0 spiro atoms. The van der Waals surface area contributed by atoms with Crippen LogP contribution in [0, 0.1) is 11.3 Å². The summed E-state index contributed by atoms with van der Waals surface area (Å²) < 4.78 is 10.8. The number of hydrogen-bond acceptors (Lipinski definition) is 5. The molecule has 2 aliphatic heterocycles. The first kappa shape index (κ1) is 18.3. The van der Waals surface area contributed by atoms with Gasteiger partial charge in [0.15, 0.2) is 11.5 Å². The van der Waals surface area contributed by atoms with Gasteiger partial charge in [-0.1, -0.05) is 36.8 Å². The van der Waals surface area contributed by atoms with E-state index in [0.717, 1.165) is 54.0 Å². The van der Waals surface area contributed by atoms with Crippen LogP contribution in [-0.4, -0.2) is 31.3 Å². The Morgan fingerprint density at radius 1 is 1.14 bits per heavy atom. The van der Waals surface area contributed by atoms with Gasteiger partial charge in [-0.05, 0) is 48.2 Å². The lowest BCUT2D eigenvalue weighted by atomic mass is 10.00. The summed E-state index contributed by atoms with van der Waals surface area (Å²) in [6.45, 7) is 1.12. The number of carbonyl (C=O) groups excluding carboxylic acids is 1. The largest absolute Gasteiger partial charge is 0.454 e. The molecular weight excluding hydrogens is 354 g/mol. The van der Waals surface area contributed by atoms with E-state index in [1.54, 1.807) is 0 Å². The van der Waals surface area contributed by atoms with Crippen molar-refractivity contribution in [2.75, 3.05) is 13.3 Å². The molecule has 6 nitrogen and oxygen atoms in total. The molecular formula is C22H23N3O3. The number of piperidine rings is 1.